The van der Waals surface area contributed by atoms with E-state index in [1.54, 1.807) is 18.9 Å². The van der Waals surface area contributed by atoms with E-state index in [4.69, 9.17) is 14.6 Å². The molecule has 1 amide bonds. The summed E-state index contributed by atoms with van der Waals surface area (Å²) in [5.41, 5.74) is 1.02. The number of carbonyl (C=O) groups is 1. The highest BCUT2D eigenvalue weighted by molar-refractivity contribution is 7.98. The minimum absolute atomic E-state index is 0.00441. The number of rotatable bonds is 7. The number of carbonyl (C=O) groups excluding carboxylic acids is 1. The molecule has 0 saturated carbocycles. The van der Waals surface area contributed by atoms with Crippen LogP contribution >= 0.6 is 11.8 Å². The lowest BCUT2D eigenvalue weighted by atomic mass is 9.95. The number of methoxy groups -OCH3 is 1. The molecule has 0 unspecified atom stereocenters. The van der Waals surface area contributed by atoms with E-state index in [2.05, 4.69) is 5.32 Å². The summed E-state index contributed by atoms with van der Waals surface area (Å²) in [6, 6.07) is 5.68. The summed E-state index contributed by atoms with van der Waals surface area (Å²) in [6.45, 7) is 0.451. The molecule has 1 aliphatic rings. The largest absolute Gasteiger partial charge is 0.497 e. The van der Waals surface area contributed by atoms with E-state index >= 15 is 0 Å². The molecule has 5 nitrogen and oxygen atoms in total. The van der Waals surface area contributed by atoms with Gasteiger partial charge in [0.15, 0.2) is 0 Å². The molecule has 0 radical (unpaired) electrons. The molecule has 0 saturated heterocycles. The fraction of sp³-hybridized carbons (Fsp3) is 0.562. The van der Waals surface area contributed by atoms with Gasteiger partial charge in [0.2, 0.25) is 5.91 Å². The first kappa shape index (κ1) is 17.0. The summed E-state index contributed by atoms with van der Waals surface area (Å²) in [4.78, 5) is 12.4. The molecule has 0 bridgehead atoms. The van der Waals surface area contributed by atoms with Crippen molar-refractivity contribution in [3.05, 3.63) is 23.8 Å². The van der Waals surface area contributed by atoms with Crippen molar-refractivity contribution in [1.29, 1.82) is 0 Å². The maximum absolute atomic E-state index is 12.4. The van der Waals surface area contributed by atoms with Gasteiger partial charge in [-0.15, -0.1) is 0 Å². The van der Waals surface area contributed by atoms with Crippen molar-refractivity contribution in [2.24, 2.45) is 5.92 Å². The molecular weight excluding hydrogens is 302 g/mol. The van der Waals surface area contributed by atoms with E-state index in [1.165, 1.54) is 0 Å². The Hall–Kier alpha value is -1.40. The van der Waals surface area contributed by atoms with Gasteiger partial charge < -0.3 is 19.9 Å². The van der Waals surface area contributed by atoms with Crippen LogP contribution < -0.4 is 14.8 Å². The quantitative estimate of drug-likeness (QED) is 0.795. The van der Waals surface area contributed by atoms with Crippen LogP contribution in [0, 0.1) is 5.92 Å². The Morgan fingerprint density at radius 2 is 2.41 bits per heavy atom. The van der Waals surface area contributed by atoms with Crippen molar-refractivity contribution in [3.8, 4) is 11.5 Å². The van der Waals surface area contributed by atoms with Gasteiger partial charge in [-0.1, -0.05) is 6.07 Å². The SMILES string of the molecule is COc1ccc2c(c1)OC[C@@H](C(=O)N[C@@H](CCO)CSC)C2. The van der Waals surface area contributed by atoms with Crippen LogP contribution in [0.3, 0.4) is 0 Å². The molecule has 22 heavy (non-hydrogen) atoms. The molecule has 1 aromatic rings. The minimum Gasteiger partial charge on any atom is -0.497 e. The zero-order valence-electron chi connectivity index (χ0n) is 13.0. The van der Waals surface area contributed by atoms with Gasteiger partial charge in [-0.3, -0.25) is 4.79 Å². The Balaban J connectivity index is 1.97. The van der Waals surface area contributed by atoms with Gasteiger partial charge in [0.25, 0.3) is 0 Å². The third-order valence-electron chi connectivity index (χ3n) is 3.74. The molecular formula is C16H23NO4S. The van der Waals surface area contributed by atoms with Gasteiger partial charge in [0, 0.05) is 24.5 Å². The maximum atomic E-state index is 12.4. The van der Waals surface area contributed by atoms with E-state index in [0.717, 1.165) is 22.8 Å². The van der Waals surface area contributed by atoms with Crippen molar-refractivity contribution in [3.63, 3.8) is 0 Å². The number of hydrogen-bond acceptors (Lipinski definition) is 5. The zero-order chi connectivity index (χ0) is 15.9. The average Bonchev–Trinajstić information content (AvgIpc) is 2.54. The van der Waals surface area contributed by atoms with Gasteiger partial charge in [-0.05, 0) is 30.7 Å². The Morgan fingerprint density at radius 3 is 3.09 bits per heavy atom. The van der Waals surface area contributed by atoms with Crippen molar-refractivity contribution in [1.82, 2.24) is 5.32 Å². The second-order valence-electron chi connectivity index (χ2n) is 5.36. The van der Waals surface area contributed by atoms with Crippen LogP contribution in [0.1, 0.15) is 12.0 Å². The number of ether oxygens (including phenoxy) is 2. The van der Waals surface area contributed by atoms with Gasteiger partial charge in [-0.25, -0.2) is 0 Å². The van der Waals surface area contributed by atoms with Gasteiger partial charge in [-0.2, -0.15) is 11.8 Å². The number of aliphatic hydroxyl groups is 1. The summed E-state index contributed by atoms with van der Waals surface area (Å²) < 4.78 is 10.9. The van der Waals surface area contributed by atoms with E-state index in [0.29, 0.717) is 19.4 Å². The highest BCUT2D eigenvalue weighted by Gasteiger charge is 2.27. The third kappa shape index (κ3) is 4.30. The van der Waals surface area contributed by atoms with Crippen LogP contribution in [0.4, 0.5) is 0 Å². The summed E-state index contributed by atoms with van der Waals surface area (Å²) in [7, 11) is 1.62. The van der Waals surface area contributed by atoms with Crippen LogP contribution in [-0.4, -0.2) is 49.4 Å². The lowest BCUT2D eigenvalue weighted by Crippen LogP contribution is -2.44. The zero-order valence-corrected chi connectivity index (χ0v) is 13.8. The molecule has 122 valence electrons. The monoisotopic (exact) mass is 325 g/mol. The van der Waals surface area contributed by atoms with E-state index in [1.807, 2.05) is 24.5 Å². The Morgan fingerprint density at radius 1 is 1.59 bits per heavy atom. The Kier molecular flexibility index (Phi) is 6.39. The number of benzene rings is 1. The second kappa shape index (κ2) is 8.29. The summed E-state index contributed by atoms with van der Waals surface area (Å²) in [5, 5.41) is 12.1. The number of thioether (sulfide) groups is 1. The summed E-state index contributed by atoms with van der Waals surface area (Å²) in [5.74, 6) is 2.15. The molecule has 2 atom stereocenters. The second-order valence-corrected chi connectivity index (χ2v) is 6.27. The normalized spacial score (nSPS) is 18.0. The number of fused-ring (bicyclic) bond motifs is 1. The van der Waals surface area contributed by atoms with Crippen LogP contribution in [0.5, 0.6) is 11.5 Å². The summed E-state index contributed by atoms with van der Waals surface area (Å²) >= 11 is 1.66. The Labute approximate surface area is 135 Å². The molecule has 2 N–H and O–H groups in total. The fourth-order valence-corrected chi connectivity index (χ4v) is 3.17. The average molecular weight is 325 g/mol. The maximum Gasteiger partial charge on any atom is 0.227 e. The van der Waals surface area contributed by atoms with Crippen molar-refractivity contribution < 1.29 is 19.4 Å². The molecule has 2 rings (SSSR count). The van der Waals surface area contributed by atoms with Crippen LogP contribution in [0.15, 0.2) is 18.2 Å². The Bertz CT molecular complexity index is 503. The van der Waals surface area contributed by atoms with Crippen LogP contribution in [0.2, 0.25) is 0 Å². The predicted octanol–water partition coefficient (Wildman–Crippen LogP) is 1.48. The molecule has 0 aromatic heterocycles. The van der Waals surface area contributed by atoms with Crippen molar-refractivity contribution in [2.75, 3.05) is 32.3 Å². The molecule has 1 aromatic carbocycles. The molecule has 0 spiro atoms. The summed E-state index contributed by atoms with van der Waals surface area (Å²) in [6.07, 6.45) is 3.23. The predicted molar refractivity (Wildman–Crippen MR) is 87.7 cm³/mol. The first-order valence-corrected chi connectivity index (χ1v) is 8.77. The highest BCUT2D eigenvalue weighted by atomic mass is 32.2. The first-order chi connectivity index (χ1) is 10.7. The molecule has 6 heteroatoms. The number of amides is 1. The highest BCUT2D eigenvalue weighted by Crippen LogP contribution is 2.31. The van der Waals surface area contributed by atoms with Crippen LogP contribution in [0.25, 0.3) is 0 Å². The number of nitrogens with one attached hydrogen (secondary N) is 1. The van der Waals surface area contributed by atoms with Gasteiger partial charge in [0.1, 0.15) is 18.1 Å². The van der Waals surface area contributed by atoms with E-state index in [9.17, 15) is 4.79 Å². The van der Waals surface area contributed by atoms with Gasteiger partial charge >= 0.3 is 0 Å². The molecule has 1 aliphatic heterocycles. The fourth-order valence-electron chi connectivity index (χ4n) is 2.52. The van der Waals surface area contributed by atoms with Crippen molar-refractivity contribution in [2.45, 2.75) is 18.9 Å². The van der Waals surface area contributed by atoms with Gasteiger partial charge in [0.05, 0.1) is 13.0 Å². The molecule has 0 aliphatic carbocycles. The van der Waals surface area contributed by atoms with E-state index in [-0.39, 0.29) is 24.5 Å². The van der Waals surface area contributed by atoms with Crippen LogP contribution in [-0.2, 0) is 11.2 Å². The smallest absolute Gasteiger partial charge is 0.227 e. The first-order valence-electron chi connectivity index (χ1n) is 7.37. The number of aliphatic hydroxyl groups excluding tert-OH is 1. The molecule has 1 heterocycles. The number of hydrogen-bond donors (Lipinski definition) is 2. The topological polar surface area (TPSA) is 67.8 Å². The lowest BCUT2D eigenvalue weighted by molar-refractivity contribution is -0.126. The standard InChI is InChI=1S/C16H23NO4S/c1-20-14-4-3-11-7-12(9-21-15(11)8-14)16(19)17-13(5-6-18)10-22-2/h3-4,8,12-13,18H,5-7,9-10H2,1-2H3,(H,17,19)/t12-,13-/m0/s1. The van der Waals surface area contributed by atoms with Crippen molar-refractivity contribution >= 4 is 17.7 Å². The third-order valence-corrected chi connectivity index (χ3v) is 4.48. The van der Waals surface area contributed by atoms with E-state index < -0.39 is 0 Å². The lowest BCUT2D eigenvalue weighted by Gasteiger charge is -2.27. The molecule has 0 fully saturated rings. The minimum atomic E-state index is -0.191.